The predicted molar refractivity (Wildman–Crippen MR) is 99.8 cm³/mol. The Labute approximate surface area is 171 Å². The summed E-state index contributed by atoms with van der Waals surface area (Å²) in [7, 11) is 0. The third kappa shape index (κ3) is 5.23. The average Bonchev–Trinajstić information content (AvgIpc) is 3.01. The predicted octanol–water partition coefficient (Wildman–Crippen LogP) is 3.80. The van der Waals surface area contributed by atoms with Gasteiger partial charge in [-0.15, -0.1) is 13.2 Å². The molecule has 1 amide bonds. The van der Waals surface area contributed by atoms with Crippen LogP contribution in [-0.2, 0) is 6.54 Å². The van der Waals surface area contributed by atoms with Crippen LogP contribution in [0.5, 0.6) is 5.75 Å². The minimum atomic E-state index is -4.82. The highest BCUT2D eigenvalue weighted by Crippen LogP contribution is 2.23. The van der Waals surface area contributed by atoms with Gasteiger partial charge in [0.15, 0.2) is 0 Å². The van der Waals surface area contributed by atoms with Crippen LogP contribution in [0.3, 0.4) is 0 Å². The highest BCUT2D eigenvalue weighted by molar-refractivity contribution is 9.10. The van der Waals surface area contributed by atoms with E-state index in [9.17, 15) is 23.2 Å². The van der Waals surface area contributed by atoms with Gasteiger partial charge in [0.25, 0.3) is 5.91 Å². The van der Waals surface area contributed by atoms with Crippen molar-refractivity contribution in [3.63, 3.8) is 0 Å². The summed E-state index contributed by atoms with van der Waals surface area (Å²) in [6.07, 6.45) is -1.53. The number of rotatable bonds is 5. The lowest BCUT2D eigenvalue weighted by Crippen LogP contribution is -2.48. The largest absolute Gasteiger partial charge is 0.573 e. The van der Waals surface area contributed by atoms with E-state index in [0.717, 1.165) is 17.5 Å². The molecule has 1 unspecified atom stereocenters. The normalized spacial score (nSPS) is 13.5. The minimum Gasteiger partial charge on any atom is -0.406 e. The summed E-state index contributed by atoms with van der Waals surface area (Å²) in [6.45, 7) is 1.57. The number of carbonyl (C=O) groups excluding carboxylic acids is 1. The molecule has 0 radical (unpaired) electrons. The van der Waals surface area contributed by atoms with Crippen molar-refractivity contribution in [3.05, 3.63) is 52.9 Å². The van der Waals surface area contributed by atoms with Crippen molar-refractivity contribution in [1.82, 2.24) is 20.1 Å². The van der Waals surface area contributed by atoms with Crippen molar-refractivity contribution >= 4 is 32.7 Å². The standard InChI is InChI=1S/C18H13BrF3N5O2/c1-17(9-23,10-27-8-12-6-15(19)24-7-14(12)26-27)25-16(28)11-2-4-13(5-3-11)29-18(20,21)22/h2-8H,10H2,1H3,(H,25,28). The van der Waals surface area contributed by atoms with Gasteiger partial charge < -0.3 is 10.1 Å². The van der Waals surface area contributed by atoms with Gasteiger partial charge in [0, 0.05) is 17.1 Å². The molecule has 0 saturated carbocycles. The fourth-order valence-electron chi connectivity index (χ4n) is 2.59. The van der Waals surface area contributed by atoms with Crippen LogP contribution in [0.1, 0.15) is 17.3 Å². The number of nitrogens with zero attached hydrogens (tertiary/aromatic N) is 4. The monoisotopic (exact) mass is 467 g/mol. The van der Waals surface area contributed by atoms with Gasteiger partial charge >= 0.3 is 6.36 Å². The van der Waals surface area contributed by atoms with Gasteiger partial charge in [-0.3, -0.25) is 9.48 Å². The maximum Gasteiger partial charge on any atom is 0.573 e. The third-order valence-electron chi connectivity index (χ3n) is 3.87. The Balaban J connectivity index is 1.73. The van der Waals surface area contributed by atoms with Crippen LogP contribution < -0.4 is 10.1 Å². The van der Waals surface area contributed by atoms with Gasteiger partial charge in [-0.2, -0.15) is 10.4 Å². The number of pyridine rings is 1. The molecule has 1 aromatic carbocycles. The summed E-state index contributed by atoms with van der Waals surface area (Å²) in [5.74, 6) is -1.06. The molecule has 11 heteroatoms. The first kappa shape index (κ1) is 20.6. The molecule has 29 heavy (non-hydrogen) atoms. The molecule has 2 heterocycles. The maximum absolute atomic E-state index is 12.5. The SMILES string of the molecule is CC(C#N)(Cn1cc2cc(Br)ncc2n1)NC(=O)c1ccc(OC(F)(F)F)cc1. The number of hydrogen-bond acceptors (Lipinski definition) is 5. The number of amides is 1. The summed E-state index contributed by atoms with van der Waals surface area (Å²) in [5.41, 5.74) is -0.606. The van der Waals surface area contributed by atoms with Crippen molar-refractivity contribution in [2.75, 3.05) is 0 Å². The number of fused-ring (bicyclic) bond motifs is 1. The Bertz CT molecular complexity index is 1090. The zero-order valence-corrected chi connectivity index (χ0v) is 16.5. The van der Waals surface area contributed by atoms with Gasteiger partial charge in [0.2, 0.25) is 0 Å². The minimum absolute atomic E-state index is 0.0524. The molecule has 0 spiro atoms. The molecule has 2 aromatic heterocycles. The maximum atomic E-state index is 12.5. The fraction of sp³-hybridized carbons (Fsp3) is 0.222. The molecule has 1 N–H and O–H groups in total. The molecule has 0 aliphatic heterocycles. The molecule has 0 aliphatic carbocycles. The number of nitrogens with one attached hydrogen (secondary N) is 1. The zero-order chi connectivity index (χ0) is 21.2. The Morgan fingerprint density at radius 1 is 1.34 bits per heavy atom. The van der Waals surface area contributed by atoms with Crippen LogP contribution in [0.2, 0.25) is 0 Å². The van der Waals surface area contributed by atoms with Crippen molar-refractivity contribution in [2.45, 2.75) is 25.4 Å². The van der Waals surface area contributed by atoms with Gasteiger partial charge in [-0.05, 0) is 53.2 Å². The van der Waals surface area contributed by atoms with Crippen molar-refractivity contribution in [3.8, 4) is 11.8 Å². The molecule has 0 saturated heterocycles. The fourth-order valence-corrected chi connectivity index (χ4v) is 2.94. The Morgan fingerprint density at radius 2 is 2.03 bits per heavy atom. The average molecular weight is 468 g/mol. The summed E-state index contributed by atoms with van der Waals surface area (Å²) < 4.78 is 42.6. The van der Waals surface area contributed by atoms with E-state index in [4.69, 9.17) is 0 Å². The lowest BCUT2D eigenvalue weighted by Gasteiger charge is -2.23. The molecule has 0 fully saturated rings. The molecule has 7 nitrogen and oxygen atoms in total. The number of benzene rings is 1. The van der Waals surface area contributed by atoms with E-state index in [-0.39, 0.29) is 12.1 Å². The molecule has 0 bridgehead atoms. The number of alkyl halides is 3. The highest BCUT2D eigenvalue weighted by atomic mass is 79.9. The van der Waals surface area contributed by atoms with E-state index in [1.165, 1.54) is 23.7 Å². The second-order valence-corrected chi connectivity index (χ2v) is 7.18. The molecule has 1 atom stereocenters. The van der Waals surface area contributed by atoms with Gasteiger partial charge in [-0.25, -0.2) is 4.98 Å². The molecular weight excluding hydrogens is 455 g/mol. The molecule has 3 rings (SSSR count). The van der Waals surface area contributed by atoms with Crippen LogP contribution in [0.15, 0.2) is 47.3 Å². The van der Waals surface area contributed by atoms with Gasteiger partial charge in [-0.1, -0.05) is 0 Å². The zero-order valence-electron chi connectivity index (χ0n) is 14.9. The molecule has 3 aromatic rings. The second-order valence-electron chi connectivity index (χ2n) is 6.36. The highest BCUT2D eigenvalue weighted by Gasteiger charge is 2.31. The molecular formula is C18H13BrF3N5O2. The van der Waals surface area contributed by atoms with Crippen LogP contribution >= 0.6 is 15.9 Å². The van der Waals surface area contributed by atoms with E-state index < -0.39 is 23.6 Å². The first-order chi connectivity index (χ1) is 13.6. The van der Waals surface area contributed by atoms with E-state index >= 15 is 0 Å². The third-order valence-corrected chi connectivity index (χ3v) is 4.30. The summed E-state index contributed by atoms with van der Waals surface area (Å²) in [4.78, 5) is 16.5. The van der Waals surface area contributed by atoms with E-state index in [0.29, 0.717) is 10.1 Å². The Kier molecular flexibility index (Phi) is 5.48. The smallest absolute Gasteiger partial charge is 0.406 e. The Morgan fingerprint density at radius 3 is 2.66 bits per heavy atom. The number of hydrogen-bond donors (Lipinski definition) is 1. The van der Waals surface area contributed by atoms with E-state index in [1.54, 1.807) is 18.5 Å². The lowest BCUT2D eigenvalue weighted by atomic mass is 10.0. The van der Waals surface area contributed by atoms with Gasteiger partial charge in [0.05, 0.1) is 18.8 Å². The summed E-state index contributed by atoms with van der Waals surface area (Å²) >= 11 is 3.27. The number of nitriles is 1. The van der Waals surface area contributed by atoms with Crippen molar-refractivity contribution < 1.29 is 22.7 Å². The molecule has 0 aliphatic rings. The van der Waals surface area contributed by atoms with Crippen LogP contribution in [0.25, 0.3) is 10.9 Å². The number of aromatic nitrogens is 3. The number of halogens is 4. The topological polar surface area (TPSA) is 92.8 Å². The van der Waals surface area contributed by atoms with Crippen molar-refractivity contribution in [2.24, 2.45) is 0 Å². The first-order valence-electron chi connectivity index (χ1n) is 8.15. The lowest BCUT2D eigenvalue weighted by molar-refractivity contribution is -0.274. The van der Waals surface area contributed by atoms with Gasteiger partial charge in [0.1, 0.15) is 21.4 Å². The number of carbonyl (C=O) groups is 1. The summed E-state index contributed by atoms with van der Waals surface area (Å²) in [6, 6.07) is 8.21. The van der Waals surface area contributed by atoms with Crippen LogP contribution in [0, 0.1) is 11.3 Å². The quantitative estimate of drug-likeness (QED) is 0.576. The van der Waals surface area contributed by atoms with Crippen LogP contribution in [-0.4, -0.2) is 32.6 Å². The van der Waals surface area contributed by atoms with Crippen LogP contribution in [0.4, 0.5) is 13.2 Å². The number of ether oxygens (including phenoxy) is 1. The van der Waals surface area contributed by atoms with E-state index in [1.807, 2.05) is 6.07 Å². The molecule has 150 valence electrons. The summed E-state index contributed by atoms with van der Waals surface area (Å²) in [5, 5.41) is 17.3. The van der Waals surface area contributed by atoms with E-state index in [2.05, 4.69) is 36.1 Å². The second kappa shape index (κ2) is 7.71. The first-order valence-corrected chi connectivity index (χ1v) is 8.94. The Hall–Kier alpha value is -3.13. The van der Waals surface area contributed by atoms with Crippen molar-refractivity contribution in [1.29, 1.82) is 5.26 Å².